The molecule has 0 aromatic rings. The van der Waals surface area contributed by atoms with Crippen molar-refractivity contribution in [3.63, 3.8) is 0 Å². The Morgan fingerprint density at radius 3 is 2.19 bits per heavy atom. The second-order valence-electron chi connectivity index (χ2n) is 14.1. The molecule has 0 aromatic carbocycles. The first kappa shape index (κ1) is 28.4. The van der Waals surface area contributed by atoms with E-state index in [2.05, 4.69) is 6.92 Å². The van der Waals surface area contributed by atoms with Crippen LogP contribution in [0.15, 0.2) is 11.1 Å². The van der Waals surface area contributed by atoms with E-state index >= 15 is 0 Å². The smallest absolute Gasteiger partial charge is 0.306 e. The van der Waals surface area contributed by atoms with E-state index in [1.807, 2.05) is 34.6 Å². The van der Waals surface area contributed by atoms with Gasteiger partial charge in [-0.3, -0.25) is 14.4 Å². The van der Waals surface area contributed by atoms with Crippen LogP contribution in [0.5, 0.6) is 0 Å². The molecule has 0 amide bonds. The maximum atomic E-state index is 14.1. The summed E-state index contributed by atoms with van der Waals surface area (Å²) in [6.07, 6.45) is 0.391. The van der Waals surface area contributed by atoms with Gasteiger partial charge in [-0.05, 0) is 65.3 Å². The number of carboxylic acid groups (broad SMARTS) is 1. The molecule has 7 nitrogen and oxygen atoms in total. The van der Waals surface area contributed by atoms with Crippen LogP contribution >= 0.6 is 0 Å². The van der Waals surface area contributed by atoms with Gasteiger partial charge < -0.3 is 20.4 Å². The SMILES string of the molecule is C[C@H](CC(=O)C[C@H](C)[C@@H]1C[C@H](O)[C@]2(C)C3=C(C(=O)C[C@]12C)[C@]1(C)CC[C@H](O)C(C)(C)[C@@H]1C[C@H]3O)C(=O)O. The van der Waals surface area contributed by atoms with Gasteiger partial charge in [-0.1, -0.05) is 48.5 Å². The number of rotatable bonds is 6. The number of aliphatic hydroxyl groups is 3. The first-order valence-corrected chi connectivity index (χ1v) is 14.0. The lowest BCUT2D eigenvalue weighted by atomic mass is 9.42. The highest BCUT2D eigenvalue weighted by Crippen LogP contribution is 2.71. The Hall–Kier alpha value is -1.57. The Balaban J connectivity index is 1.74. The highest BCUT2D eigenvalue weighted by Gasteiger charge is 2.70. The number of carbonyl (C=O) groups excluding carboxylic acids is 2. The van der Waals surface area contributed by atoms with Gasteiger partial charge in [0.05, 0.1) is 24.2 Å². The number of aliphatic hydroxyl groups excluding tert-OH is 3. The van der Waals surface area contributed by atoms with Crippen molar-refractivity contribution >= 4 is 17.5 Å². The summed E-state index contributed by atoms with van der Waals surface area (Å²) in [6.45, 7) is 13.7. The monoisotopic (exact) mass is 518 g/mol. The van der Waals surface area contributed by atoms with Gasteiger partial charge >= 0.3 is 5.97 Å². The topological polar surface area (TPSA) is 132 Å². The summed E-state index contributed by atoms with van der Waals surface area (Å²) in [4.78, 5) is 38.0. The van der Waals surface area contributed by atoms with Crippen LogP contribution in [0.2, 0.25) is 0 Å². The predicted molar refractivity (Wildman–Crippen MR) is 138 cm³/mol. The van der Waals surface area contributed by atoms with Gasteiger partial charge in [0.2, 0.25) is 0 Å². The molecule has 0 spiro atoms. The van der Waals surface area contributed by atoms with Crippen LogP contribution in [-0.2, 0) is 14.4 Å². The molecule has 0 aromatic heterocycles. The normalized spacial score (nSPS) is 44.5. The third kappa shape index (κ3) is 3.89. The zero-order valence-corrected chi connectivity index (χ0v) is 23.5. The molecule has 4 aliphatic rings. The minimum absolute atomic E-state index is 0.0190. The van der Waals surface area contributed by atoms with Gasteiger partial charge in [-0.15, -0.1) is 0 Å². The average molecular weight is 519 g/mol. The third-order valence-corrected chi connectivity index (χ3v) is 11.8. The maximum Gasteiger partial charge on any atom is 0.306 e. The Bertz CT molecular complexity index is 1030. The van der Waals surface area contributed by atoms with E-state index in [0.717, 1.165) is 0 Å². The van der Waals surface area contributed by atoms with E-state index in [1.54, 1.807) is 0 Å². The average Bonchev–Trinajstić information content (AvgIpc) is 2.99. The van der Waals surface area contributed by atoms with Gasteiger partial charge in [0.15, 0.2) is 5.78 Å². The Labute approximate surface area is 220 Å². The van der Waals surface area contributed by atoms with Crippen molar-refractivity contribution in [2.24, 2.45) is 45.3 Å². The van der Waals surface area contributed by atoms with Crippen molar-refractivity contribution < 1.29 is 34.8 Å². The zero-order chi connectivity index (χ0) is 27.9. The van der Waals surface area contributed by atoms with Gasteiger partial charge in [0, 0.05) is 30.3 Å². The van der Waals surface area contributed by atoms with E-state index in [1.165, 1.54) is 6.92 Å². The van der Waals surface area contributed by atoms with Gasteiger partial charge in [-0.25, -0.2) is 0 Å². The predicted octanol–water partition coefficient (Wildman–Crippen LogP) is 3.92. The molecule has 0 radical (unpaired) electrons. The molecule has 10 atom stereocenters. The minimum Gasteiger partial charge on any atom is -0.481 e. The molecule has 0 unspecified atom stereocenters. The summed E-state index contributed by atoms with van der Waals surface area (Å²) in [5, 5.41) is 43.3. The van der Waals surface area contributed by atoms with Crippen molar-refractivity contribution in [1.29, 1.82) is 0 Å². The van der Waals surface area contributed by atoms with Gasteiger partial charge in [-0.2, -0.15) is 0 Å². The molecular formula is C30H46O7. The van der Waals surface area contributed by atoms with E-state index in [-0.39, 0.29) is 48.6 Å². The van der Waals surface area contributed by atoms with Crippen LogP contribution in [0.25, 0.3) is 0 Å². The number of carbonyl (C=O) groups is 3. The maximum absolute atomic E-state index is 14.1. The molecule has 37 heavy (non-hydrogen) atoms. The number of fused-ring (bicyclic) bond motifs is 4. The van der Waals surface area contributed by atoms with Crippen LogP contribution in [0.1, 0.15) is 93.4 Å². The molecule has 2 fully saturated rings. The van der Waals surface area contributed by atoms with E-state index in [4.69, 9.17) is 0 Å². The van der Waals surface area contributed by atoms with Crippen LogP contribution in [-0.4, -0.2) is 56.3 Å². The van der Waals surface area contributed by atoms with E-state index < -0.39 is 51.9 Å². The zero-order valence-electron chi connectivity index (χ0n) is 23.5. The highest BCUT2D eigenvalue weighted by molar-refractivity contribution is 6.00. The minimum atomic E-state index is -0.995. The summed E-state index contributed by atoms with van der Waals surface area (Å²) < 4.78 is 0. The number of hydrogen-bond donors (Lipinski definition) is 4. The summed E-state index contributed by atoms with van der Waals surface area (Å²) in [5.74, 6) is -2.17. The lowest BCUT2D eigenvalue weighted by molar-refractivity contribution is -0.143. The molecule has 4 N–H and O–H groups in total. The molecule has 2 saturated carbocycles. The number of ketones is 2. The Kier molecular flexibility index (Phi) is 6.91. The van der Waals surface area contributed by atoms with Crippen molar-refractivity contribution in [3.8, 4) is 0 Å². The van der Waals surface area contributed by atoms with Crippen molar-refractivity contribution in [1.82, 2.24) is 0 Å². The number of hydrogen-bond acceptors (Lipinski definition) is 6. The summed E-state index contributed by atoms with van der Waals surface area (Å²) in [5.41, 5.74) is -1.03. The fourth-order valence-corrected chi connectivity index (χ4v) is 9.39. The fraction of sp³-hybridized carbons (Fsp3) is 0.833. The number of carboxylic acids is 1. The van der Waals surface area contributed by atoms with E-state index in [0.29, 0.717) is 36.8 Å². The van der Waals surface area contributed by atoms with Crippen molar-refractivity contribution in [2.75, 3.05) is 0 Å². The van der Waals surface area contributed by atoms with Crippen molar-refractivity contribution in [2.45, 2.75) is 112 Å². The van der Waals surface area contributed by atoms with Crippen LogP contribution < -0.4 is 0 Å². The molecule has 0 heterocycles. The van der Waals surface area contributed by atoms with Crippen LogP contribution in [0.4, 0.5) is 0 Å². The number of Topliss-reactive ketones (excluding diaryl/α,β-unsaturated/α-hetero) is 2. The Morgan fingerprint density at radius 2 is 1.59 bits per heavy atom. The largest absolute Gasteiger partial charge is 0.481 e. The molecular weight excluding hydrogens is 472 g/mol. The van der Waals surface area contributed by atoms with Crippen LogP contribution in [0.3, 0.4) is 0 Å². The lowest BCUT2D eigenvalue weighted by Crippen LogP contribution is -2.61. The fourth-order valence-electron chi connectivity index (χ4n) is 9.39. The van der Waals surface area contributed by atoms with E-state index in [9.17, 15) is 34.8 Å². The molecule has 0 bridgehead atoms. The molecule has 4 aliphatic carbocycles. The van der Waals surface area contributed by atoms with Gasteiger partial charge in [0.1, 0.15) is 5.78 Å². The lowest BCUT2D eigenvalue weighted by Gasteiger charge is -2.62. The summed E-state index contributed by atoms with van der Waals surface area (Å²) in [6, 6.07) is 0. The number of allylic oxidation sites excluding steroid dienone is 1. The summed E-state index contributed by atoms with van der Waals surface area (Å²) in [7, 11) is 0. The first-order valence-electron chi connectivity index (χ1n) is 14.0. The molecule has 0 aliphatic heterocycles. The second-order valence-corrected chi connectivity index (χ2v) is 14.1. The molecule has 7 heteroatoms. The standard InChI is InChI=1S/C30H46O7/c1-15(10-17(31)11-16(2)26(36)37)18-12-23(35)30(7)25-19(32)13-21-27(3,4)22(34)8-9-28(21,5)24(25)20(33)14-29(18,30)6/h15-16,18-19,21-23,32,34-35H,8-14H2,1-7H3,(H,36,37)/t15-,16+,18-,19+,21-,22-,23-,28+,29+,30+/m0/s1. The first-order chi connectivity index (χ1) is 16.9. The second kappa shape index (κ2) is 8.99. The van der Waals surface area contributed by atoms with Crippen LogP contribution in [0, 0.1) is 45.3 Å². The number of aliphatic carboxylic acids is 1. The molecule has 4 rings (SSSR count). The Morgan fingerprint density at radius 1 is 0.973 bits per heavy atom. The van der Waals surface area contributed by atoms with Gasteiger partial charge in [0.25, 0.3) is 0 Å². The molecule has 208 valence electrons. The third-order valence-electron chi connectivity index (χ3n) is 11.8. The summed E-state index contributed by atoms with van der Waals surface area (Å²) >= 11 is 0. The quantitative estimate of drug-likeness (QED) is 0.419. The highest BCUT2D eigenvalue weighted by atomic mass is 16.4. The van der Waals surface area contributed by atoms with Crippen molar-refractivity contribution in [3.05, 3.63) is 11.1 Å². The molecule has 0 saturated heterocycles.